The number of fused-ring (bicyclic) bond motifs is 5. The zero-order valence-electron chi connectivity index (χ0n) is 21.6. The van der Waals surface area contributed by atoms with Crippen LogP contribution in [0.1, 0.15) is 92.9 Å². The fourth-order valence-corrected chi connectivity index (χ4v) is 8.35. The van der Waals surface area contributed by atoms with Crippen molar-refractivity contribution in [2.45, 2.75) is 99.0 Å². The van der Waals surface area contributed by atoms with E-state index in [1.165, 1.54) is 39.0 Å². The number of rotatable bonds is 5. The van der Waals surface area contributed by atoms with Gasteiger partial charge in [0.2, 0.25) is 0 Å². The van der Waals surface area contributed by atoms with Gasteiger partial charge in [0.05, 0.1) is 6.61 Å². The van der Waals surface area contributed by atoms with Crippen LogP contribution in [0, 0.1) is 40.4 Å². The maximum atomic E-state index is 12.2. The summed E-state index contributed by atoms with van der Waals surface area (Å²) in [6, 6.07) is 0. The van der Waals surface area contributed by atoms with Crippen LogP contribution >= 0.6 is 0 Å². The van der Waals surface area contributed by atoms with Gasteiger partial charge in [0, 0.05) is 12.5 Å². The summed E-state index contributed by atoms with van der Waals surface area (Å²) in [5.74, 6) is 2.65. The average molecular weight is 457 g/mol. The molecule has 0 aromatic heterocycles. The molecule has 0 N–H and O–H groups in total. The third-order valence-corrected chi connectivity index (χ3v) is 10.4. The van der Waals surface area contributed by atoms with Gasteiger partial charge in [-0.1, -0.05) is 38.5 Å². The molecular formula is C29H44O4. The molecule has 3 fully saturated rings. The van der Waals surface area contributed by atoms with Crippen molar-refractivity contribution in [3.8, 4) is 0 Å². The van der Waals surface area contributed by atoms with Gasteiger partial charge in [-0.25, -0.2) is 4.79 Å². The van der Waals surface area contributed by atoms with Gasteiger partial charge in [0.15, 0.2) is 0 Å². The lowest BCUT2D eigenvalue weighted by Gasteiger charge is -2.58. The third kappa shape index (κ3) is 4.32. The minimum atomic E-state index is -0.175. The lowest BCUT2D eigenvalue weighted by Crippen LogP contribution is -2.50. The molecule has 4 heteroatoms. The SMILES string of the molecule is C/C=C(\C)C(=O)OC[C@@H](C)C1CCC2C3=CCC4C[C@@H](OC(C)=O)CC[C@]4(C)C3CC[C@@]21C. The fraction of sp³-hybridized carbons (Fsp3) is 0.793. The first kappa shape index (κ1) is 24.5. The molecule has 3 saturated carbocycles. The molecule has 0 amide bonds. The van der Waals surface area contributed by atoms with Gasteiger partial charge in [-0.3, -0.25) is 4.79 Å². The monoisotopic (exact) mass is 456 g/mol. The standard InChI is InChI=1S/C29H44O4/c1-7-18(2)27(31)32-17-19(3)24-10-11-25-23-9-8-21-16-22(33-20(4)30)12-14-28(21,5)26(23)13-15-29(24,25)6/h7,9,19,21-22,24-26H,8,10-17H2,1-6H3/b18-7+/t19-,21?,22+,24?,25?,26?,28+,29-/m1/s1. The van der Waals surface area contributed by atoms with Crippen molar-refractivity contribution in [2.75, 3.05) is 6.61 Å². The van der Waals surface area contributed by atoms with Crippen molar-refractivity contribution in [1.29, 1.82) is 0 Å². The van der Waals surface area contributed by atoms with Gasteiger partial charge in [0.1, 0.15) is 6.10 Å². The molecule has 184 valence electrons. The highest BCUT2D eigenvalue weighted by atomic mass is 16.5. The van der Waals surface area contributed by atoms with Crippen LogP contribution in [-0.4, -0.2) is 24.6 Å². The summed E-state index contributed by atoms with van der Waals surface area (Å²) in [5.41, 5.74) is 3.08. The summed E-state index contributed by atoms with van der Waals surface area (Å²) < 4.78 is 11.3. The number of allylic oxidation sites excluding steroid dienone is 3. The maximum Gasteiger partial charge on any atom is 0.333 e. The Morgan fingerprint density at radius 3 is 2.48 bits per heavy atom. The summed E-state index contributed by atoms with van der Waals surface area (Å²) in [7, 11) is 0. The molecule has 0 saturated heterocycles. The van der Waals surface area contributed by atoms with Crippen molar-refractivity contribution in [3.05, 3.63) is 23.3 Å². The minimum absolute atomic E-state index is 0.106. The van der Waals surface area contributed by atoms with Crippen molar-refractivity contribution in [3.63, 3.8) is 0 Å². The van der Waals surface area contributed by atoms with Crippen molar-refractivity contribution < 1.29 is 19.1 Å². The largest absolute Gasteiger partial charge is 0.463 e. The van der Waals surface area contributed by atoms with E-state index in [4.69, 9.17) is 9.47 Å². The van der Waals surface area contributed by atoms with E-state index in [0.717, 1.165) is 19.3 Å². The number of carbonyl (C=O) groups is 2. The Morgan fingerprint density at radius 1 is 1.09 bits per heavy atom. The number of hydrogen-bond donors (Lipinski definition) is 0. The predicted molar refractivity (Wildman–Crippen MR) is 130 cm³/mol. The minimum Gasteiger partial charge on any atom is -0.463 e. The molecule has 0 aromatic carbocycles. The van der Waals surface area contributed by atoms with Gasteiger partial charge in [0.25, 0.3) is 0 Å². The van der Waals surface area contributed by atoms with Gasteiger partial charge in [-0.05, 0) is 106 Å². The quantitative estimate of drug-likeness (QED) is 0.264. The highest BCUT2D eigenvalue weighted by molar-refractivity contribution is 5.87. The Bertz CT molecular complexity index is 841. The maximum absolute atomic E-state index is 12.2. The lowest BCUT2D eigenvalue weighted by molar-refractivity contribution is -0.152. The molecular weight excluding hydrogens is 412 g/mol. The molecule has 8 atom stereocenters. The summed E-state index contributed by atoms with van der Waals surface area (Å²) in [5, 5.41) is 0. The Balaban J connectivity index is 1.47. The van der Waals surface area contributed by atoms with Crippen molar-refractivity contribution >= 4 is 11.9 Å². The summed E-state index contributed by atoms with van der Waals surface area (Å²) >= 11 is 0. The molecule has 0 aliphatic heterocycles. The van der Waals surface area contributed by atoms with E-state index >= 15 is 0 Å². The molecule has 4 rings (SSSR count). The topological polar surface area (TPSA) is 52.6 Å². The normalized spacial score (nSPS) is 41.2. The number of hydrogen-bond acceptors (Lipinski definition) is 4. The lowest BCUT2D eigenvalue weighted by atomic mass is 9.47. The summed E-state index contributed by atoms with van der Waals surface area (Å²) in [6.45, 7) is 13.1. The summed E-state index contributed by atoms with van der Waals surface area (Å²) in [4.78, 5) is 23.7. The Morgan fingerprint density at radius 2 is 1.79 bits per heavy atom. The highest BCUT2D eigenvalue weighted by Crippen LogP contribution is 2.66. The van der Waals surface area contributed by atoms with Crippen LogP contribution in [0.2, 0.25) is 0 Å². The predicted octanol–water partition coefficient (Wildman–Crippen LogP) is 6.64. The van der Waals surface area contributed by atoms with Crippen LogP contribution in [0.5, 0.6) is 0 Å². The molecule has 4 aliphatic carbocycles. The number of ether oxygens (including phenoxy) is 2. The van der Waals surface area contributed by atoms with E-state index in [-0.39, 0.29) is 18.0 Å². The van der Waals surface area contributed by atoms with E-state index in [1.807, 2.05) is 19.9 Å². The Kier molecular flexibility index (Phi) is 6.86. The molecule has 0 radical (unpaired) electrons. The van der Waals surface area contributed by atoms with Crippen LogP contribution in [0.3, 0.4) is 0 Å². The zero-order valence-corrected chi connectivity index (χ0v) is 21.6. The van der Waals surface area contributed by atoms with Crippen LogP contribution in [0.4, 0.5) is 0 Å². The number of carbonyl (C=O) groups excluding carboxylic acids is 2. The molecule has 33 heavy (non-hydrogen) atoms. The van der Waals surface area contributed by atoms with Gasteiger partial charge in [-0.2, -0.15) is 0 Å². The van der Waals surface area contributed by atoms with E-state index in [0.29, 0.717) is 52.6 Å². The molecule has 4 unspecified atom stereocenters. The smallest absolute Gasteiger partial charge is 0.333 e. The van der Waals surface area contributed by atoms with Crippen molar-refractivity contribution in [2.24, 2.45) is 40.4 Å². The second-order valence-electron chi connectivity index (χ2n) is 12.0. The highest BCUT2D eigenvalue weighted by Gasteiger charge is 2.58. The third-order valence-electron chi connectivity index (χ3n) is 10.4. The molecule has 4 aliphatic rings. The van der Waals surface area contributed by atoms with Crippen LogP contribution in [0.25, 0.3) is 0 Å². The van der Waals surface area contributed by atoms with Crippen molar-refractivity contribution in [1.82, 2.24) is 0 Å². The first-order chi connectivity index (χ1) is 15.6. The fourth-order valence-electron chi connectivity index (χ4n) is 8.35. The van der Waals surface area contributed by atoms with Gasteiger partial charge in [-0.15, -0.1) is 0 Å². The van der Waals surface area contributed by atoms with Crippen LogP contribution in [-0.2, 0) is 19.1 Å². The zero-order chi connectivity index (χ0) is 24.0. The Labute approximate surface area is 200 Å². The van der Waals surface area contributed by atoms with E-state index < -0.39 is 0 Å². The van der Waals surface area contributed by atoms with Crippen LogP contribution in [0.15, 0.2) is 23.3 Å². The average Bonchev–Trinajstić information content (AvgIpc) is 3.13. The first-order valence-corrected chi connectivity index (χ1v) is 13.3. The molecule has 0 aromatic rings. The van der Waals surface area contributed by atoms with Crippen LogP contribution < -0.4 is 0 Å². The molecule has 0 bridgehead atoms. The van der Waals surface area contributed by atoms with E-state index in [1.54, 1.807) is 5.57 Å². The molecule has 0 heterocycles. The van der Waals surface area contributed by atoms with E-state index in [9.17, 15) is 9.59 Å². The van der Waals surface area contributed by atoms with Gasteiger partial charge >= 0.3 is 11.9 Å². The first-order valence-electron chi connectivity index (χ1n) is 13.3. The molecule has 4 nitrogen and oxygen atoms in total. The van der Waals surface area contributed by atoms with E-state index in [2.05, 4.69) is 26.8 Å². The summed E-state index contributed by atoms with van der Waals surface area (Å²) in [6.07, 6.45) is 13.9. The van der Waals surface area contributed by atoms with Gasteiger partial charge < -0.3 is 9.47 Å². The Hall–Kier alpha value is -1.58. The second kappa shape index (κ2) is 9.23. The second-order valence-corrected chi connectivity index (χ2v) is 12.0. The number of esters is 2. The molecule has 0 spiro atoms.